The highest BCUT2D eigenvalue weighted by molar-refractivity contribution is 7.00. The largest absolute Gasteiger partial charge is 0.468 e. The SMILES string of the molecule is Cc1cc2c3c(c1)N1c4cc5c(cc4-c4c6c(cc7oc(c1c47)B3c1cc3c(cc1N2c1ccc2c(c1)C(C)(C)CCC2(C)C)C(C)(C)CCC3(C)C)C(C)(C)CCC6(C)C)C(C)(C)CCC5(C)C. The van der Waals surface area contributed by atoms with Gasteiger partial charge in [0.05, 0.1) is 22.4 Å². The van der Waals surface area contributed by atoms with Crippen LogP contribution in [0, 0.1) is 6.92 Å². The average molecular weight is 913 g/mol. The third kappa shape index (κ3) is 5.70. The molecule has 7 aliphatic rings. The summed E-state index contributed by atoms with van der Waals surface area (Å²) >= 11 is 0. The Labute approximate surface area is 414 Å². The van der Waals surface area contributed by atoms with Crippen LogP contribution in [0.15, 0.2) is 65.1 Å². The quantitative estimate of drug-likeness (QED) is 0.153. The monoisotopic (exact) mass is 913 g/mol. The molecule has 69 heavy (non-hydrogen) atoms. The smallest absolute Gasteiger partial charge is 0.297 e. The van der Waals surface area contributed by atoms with Crippen LogP contribution in [0.3, 0.4) is 0 Å². The van der Waals surface area contributed by atoms with Crippen molar-refractivity contribution in [1.82, 2.24) is 0 Å². The molecule has 3 aliphatic heterocycles. The van der Waals surface area contributed by atoms with E-state index in [0.717, 1.165) is 17.7 Å². The predicted molar refractivity (Wildman–Crippen MR) is 295 cm³/mol. The third-order valence-electron chi connectivity index (χ3n) is 20.4. The zero-order valence-electron chi connectivity index (χ0n) is 45.3. The number of furan rings is 1. The fourth-order valence-electron chi connectivity index (χ4n) is 15.5. The topological polar surface area (TPSA) is 19.6 Å². The van der Waals surface area contributed by atoms with Gasteiger partial charge in [-0.1, -0.05) is 123 Å². The van der Waals surface area contributed by atoms with Gasteiger partial charge in [-0.25, -0.2) is 0 Å². The van der Waals surface area contributed by atoms with Crippen LogP contribution in [-0.2, 0) is 43.3 Å². The standard InChI is InChI=1S/C65H77BN2O/c1-36-28-49-55-50(29-36)68-47-33-43-41(60(6,7)22-24-62(43,10)11)31-38(47)52-53-51(35-45-54(52)65(16,17)27-26-64(45,14)15)69-57(56(53)68)66(55)46-32-42-44(63(12,13)25-23-61(42,8)9)34-48(46)67(49)37-18-19-39-40(30-37)59(4,5)21-20-58(39,2)3/h18-19,28-35H,20-27H2,1-17H3. The van der Waals surface area contributed by atoms with Gasteiger partial charge < -0.3 is 14.2 Å². The first-order valence-corrected chi connectivity index (χ1v) is 27.0. The Kier molecular flexibility index (Phi) is 8.36. The molecule has 6 aromatic rings. The van der Waals surface area contributed by atoms with E-state index < -0.39 is 0 Å². The van der Waals surface area contributed by atoms with Crippen molar-refractivity contribution in [3.63, 3.8) is 0 Å². The molecule has 3 nitrogen and oxygen atoms in total. The molecule has 0 saturated heterocycles. The second kappa shape index (κ2) is 13.0. The maximum Gasteiger partial charge on any atom is 0.297 e. The van der Waals surface area contributed by atoms with Crippen molar-refractivity contribution in [2.24, 2.45) is 0 Å². The summed E-state index contributed by atoms with van der Waals surface area (Å²) in [5.41, 5.74) is 29.4. The molecule has 0 N–H and O–H groups in total. The number of anilines is 6. The average Bonchev–Trinajstić information content (AvgIpc) is 3.65. The maximum absolute atomic E-state index is 7.83. The molecule has 4 heterocycles. The van der Waals surface area contributed by atoms with Gasteiger partial charge in [-0.05, 0) is 211 Å². The van der Waals surface area contributed by atoms with Crippen molar-refractivity contribution in [3.8, 4) is 11.1 Å². The van der Waals surface area contributed by atoms with Gasteiger partial charge in [0, 0.05) is 33.9 Å². The van der Waals surface area contributed by atoms with E-state index in [1.165, 1.54) is 151 Å². The third-order valence-corrected chi connectivity index (χ3v) is 20.4. The van der Waals surface area contributed by atoms with Crippen LogP contribution in [-0.4, -0.2) is 6.71 Å². The minimum Gasteiger partial charge on any atom is -0.468 e. The van der Waals surface area contributed by atoms with E-state index in [1.54, 1.807) is 5.56 Å². The van der Waals surface area contributed by atoms with Crippen LogP contribution in [0.1, 0.15) is 212 Å². The number of nitrogens with zero attached hydrogens (tertiary/aromatic N) is 2. The Morgan fingerprint density at radius 2 is 0.899 bits per heavy atom. The van der Waals surface area contributed by atoms with Gasteiger partial charge in [0.25, 0.3) is 6.71 Å². The van der Waals surface area contributed by atoms with Gasteiger partial charge in [0.2, 0.25) is 0 Å². The Bertz CT molecular complexity index is 3320. The van der Waals surface area contributed by atoms with Crippen LogP contribution in [0.5, 0.6) is 0 Å². The van der Waals surface area contributed by atoms with E-state index in [4.69, 9.17) is 4.42 Å². The zero-order chi connectivity index (χ0) is 48.9. The summed E-state index contributed by atoms with van der Waals surface area (Å²) in [7, 11) is 0. The molecule has 13 rings (SSSR count). The molecule has 0 amide bonds. The van der Waals surface area contributed by atoms with Crippen molar-refractivity contribution in [2.75, 3.05) is 9.80 Å². The number of hydrogen-bond donors (Lipinski definition) is 0. The van der Waals surface area contributed by atoms with Crippen LogP contribution >= 0.6 is 0 Å². The Balaban J connectivity index is 1.19. The number of hydrogen-bond acceptors (Lipinski definition) is 3. The Morgan fingerprint density at radius 3 is 1.48 bits per heavy atom. The lowest BCUT2D eigenvalue weighted by molar-refractivity contribution is 0.331. The first kappa shape index (κ1) is 44.3. The van der Waals surface area contributed by atoms with Crippen molar-refractivity contribution in [3.05, 3.63) is 111 Å². The number of rotatable bonds is 1. The molecule has 0 fully saturated rings. The first-order valence-electron chi connectivity index (χ1n) is 27.0. The van der Waals surface area contributed by atoms with Crippen LogP contribution in [0.4, 0.5) is 34.1 Å². The number of fused-ring (bicyclic) bond motifs is 12. The summed E-state index contributed by atoms with van der Waals surface area (Å²) in [6, 6.07) is 25.9. The zero-order valence-corrected chi connectivity index (χ0v) is 45.3. The van der Waals surface area contributed by atoms with Gasteiger partial charge in [0.1, 0.15) is 5.58 Å². The highest BCUT2D eigenvalue weighted by Gasteiger charge is 2.53. The minimum atomic E-state index is -0.0694. The molecule has 0 bridgehead atoms. The summed E-state index contributed by atoms with van der Waals surface area (Å²) in [4.78, 5) is 5.43. The van der Waals surface area contributed by atoms with Crippen LogP contribution in [0.2, 0.25) is 0 Å². The second-order valence-electron chi connectivity index (χ2n) is 28.9. The van der Waals surface area contributed by atoms with E-state index in [1.807, 2.05) is 0 Å². The van der Waals surface area contributed by atoms with Crippen molar-refractivity contribution < 1.29 is 4.42 Å². The molecule has 5 aromatic carbocycles. The summed E-state index contributed by atoms with van der Waals surface area (Å²) in [5.74, 6) is 0. The maximum atomic E-state index is 7.83. The van der Waals surface area contributed by atoms with Gasteiger partial charge in [-0.3, -0.25) is 0 Å². The van der Waals surface area contributed by atoms with E-state index >= 15 is 0 Å². The minimum absolute atomic E-state index is 0.00698. The fourth-order valence-corrected chi connectivity index (χ4v) is 15.5. The summed E-state index contributed by atoms with van der Waals surface area (Å²) in [5, 5.41) is 1.33. The van der Waals surface area contributed by atoms with Gasteiger partial charge in [-0.2, -0.15) is 0 Å². The van der Waals surface area contributed by atoms with Crippen molar-refractivity contribution in [2.45, 2.75) is 212 Å². The molecule has 356 valence electrons. The van der Waals surface area contributed by atoms with E-state index in [0.29, 0.717) is 0 Å². The molecule has 0 radical (unpaired) electrons. The number of benzene rings is 5. The lowest BCUT2D eigenvalue weighted by atomic mass is 9.35. The Hall–Kier alpha value is -4.70. The lowest BCUT2D eigenvalue weighted by Crippen LogP contribution is -2.61. The van der Waals surface area contributed by atoms with Crippen LogP contribution in [0.25, 0.3) is 22.1 Å². The molecule has 4 heteroatoms. The van der Waals surface area contributed by atoms with Crippen molar-refractivity contribution in [1.29, 1.82) is 0 Å². The molecular formula is C65H77BN2O. The van der Waals surface area contributed by atoms with Gasteiger partial charge >= 0.3 is 0 Å². The molecule has 0 spiro atoms. The van der Waals surface area contributed by atoms with E-state index in [-0.39, 0.29) is 50.0 Å². The fraction of sp³-hybridized carbons (Fsp3) is 0.508. The number of aryl methyl sites for hydroxylation is 1. The molecule has 0 atom stereocenters. The molecule has 0 saturated carbocycles. The van der Waals surface area contributed by atoms with Gasteiger partial charge in [0.15, 0.2) is 0 Å². The second-order valence-corrected chi connectivity index (χ2v) is 28.9. The highest BCUT2D eigenvalue weighted by atomic mass is 16.3. The molecule has 4 aliphatic carbocycles. The summed E-state index contributed by atoms with van der Waals surface area (Å²) in [6.45, 7) is 42.2. The normalized spacial score (nSPS) is 23.2. The highest BCUT2D eigenvalue weighted by Crippen LogP contribution is 2.62. The predicted octanol–water partition coefficient (Wildman–Crippen LogP) is 16.2. The van der Waals surface area contributed by atoms with Crippen LogP contribution < -0.4 is 26.4 Å². The summed E-state index contributed by atoms with van der Waals surface area (Å²) < 4.78 is 7.83. The van der Waals surface area contributed by atoms with E-state index in [9.17, 15) is 0 Å². The molecular weight excluding hydrogens is 836 g/mol. The van der Waals surface area contributed by atoms with Crippen molar-refractivity contribution >= 4 is 68.4 Å². The first-order chi connectivity index (χ1) is 32.0. The van der Waals surface area contributed by atoms with E-state index in [2.05, 4.69) is 188 Å². The molecule has 1 aromatic heterocycles. The summed E-state index contributed by atoms with van der Waals surface area (Å²) in [6.07, 6.45) is 9.45. The lowest BCUT2D eigenvalue weighted by Gasteiger charge is -2.49. The molecule has 0 unspecified atom stereocenters. The van der Waals surface area contributed by atoms with Gasteiger partial charge in [-0.15, -0.1) is 0 Å². The Morgan fingerprint density at radius 1 is 0.435 bits per heavy atom.